The van der Waals surface area contributed by atoms with Crippen molar-refractivity contribution in [2.24, 2.45) is 0 Å². The van der Waals surface area contributed by atoms with E-state index in [-0.39, 0.29) is 4.90 Å². The average Bonchev–Trinajstić information content (AvgIpc) is 2.67. The van der Waals surface area contributed by atoms with Crippen LogP contribution < -0.4 is 5.32 Å². The molecule has 0 aliphatic rings. The Kier molecular flexibility index (Phi) is 4.76. The number of rotatable bonds is 4. The summed E-state index contributed by atoms with van der Waals surface area (Å²) in [6, 6.07) is 11.6. The fourth-order valence-corrected chi connectivity index (χ4v) is 4.23. The van der Waals surface area contributed by atoms with Crippen molar-refractivity contribution in [1.29, 1.82) is 0 Å². The molecule has 0 bridgehead atoms. The lowest BCUT2D eigenvalue weighted by Gasteiger charge is -2.14. The third kappa shape index (κ3) is 3.82. The normalized spacial score (nSPS) is 11.6. The number of hydrogen-bond donors (Lipinski definition) is 1. The number of anilines is 2. The summed E-state index contributed by atoms with van der Waals surface area (Å²) in [4.78, 5) is 13.2. The van der Waals surface area contributed by atoms with Crippen LogP contribution in [0.1, 0.15) is 11.1 Å². The van der Waals surface area contributed by atoms with Crippen LogP contribution in [0.5, 0.6) is 0 Å². The molecule has 0 amide bonds. The molecule has 6 nitrogen and oxygen atoms in total. The van der Waals surface area contributed by atoms with Gasteiger partial charge in [0.05, 0.1) is 27.8 Å². The molecule has 4 rings (SSSR count). The van der Waals surface area contributed by atoms with E-state index in [1.165, 1.54) is 30.3 Å². The first kappa shape index (κ1) is 19.0. The Morgan fingerprint density at radius 1 is 0.897 bits per heavy atom. The highest BCUT2D eigenvalue weighted by molar-refractivity contribution is 7.90. The van der Waals surface area contributed by atoms with E-state index in [1.54, 1.807) is 12.4 Å². The van der Waals surface area contributed by atoms with Gasteiger partial charge in [0.2, 0.25) is 0 Å². The molecule has 0 saturated carbocycles. The molecule has 29 heavy (non-hydrogen) atoms. The first-order valence-corrected chi connectivity index (χ1v) is 11.0. The van der Waals surface area contributed by atoms with E-state index in [1.807, 2.05) is 12.1 Å². The highest BCUT2D eigenvalue weighted by Gasteiger charge is 2.15. The van der Waals surface area contributed by atoms with Gasteiger partial charge in [-0.1, -0.05) is 23.8 Å². The molecule has 1 N–H and O–H groups in total. The SMILES string of the molecule is Cc1ccc(-c2cc(Nc3cnccc3S(C)(=O)=O)cc3nccnc23)c(C)c1. The zero-order chi connectivity index (χ0) is 20.6. The molecule has 7 heteroatoms. The number of sulfone groups is 1. The van der Waals surface area contributed by atoms with Crippen LogP contribution in [0.4, 0.5) is 11.4 Å². The van der Waals surface area contributed by atoms with Crippen LogP contribution >= 0.6 is 0 Å². The fourth-order valence-electron chi connectivity index (χ4n) is 3.42. The molecule has 0 aliphatic heterocycles. The minimum absolute atomic E-state index is 0.194. The van der Waals surface area contributed by atoms with Gasteiger partial charge in [-0.3, -0.25) is 15.0 Å². The van der Waals surface area contributed by atoms with Gasteiger partial charge in [-0.25, -0.2) is 8.42 Å². The summed E-state index contributed by atoms with van der Waals surface area (Å²) in [6.07, 6.45) is 7.47. The summed E-state index contributed by atoms with van der Waals surface area (Å²) in [7, 11) is -3.40. The fraction of sp³-hybridized carbons (Fsp3) is 0.136. The summed E-state index contributed by atoms with van der Waals surface area (Å²) >= 11 is 0. The van der Waals surface area contributed by atoms with E-state index < -0.39 is 9.84 Å². The molecular weight excluding hydrogens is 384 g/mol. The largest absolute Gasteiger partial charge is 0.353 e. The highest BCUT2D eigenvalue weighted by Crippen LogP contribution is 2.34. The smallest absolute Gasteiger partial charge is 0.177 e. The van der Waals surface area contributed by atoms with E-state index in [2.05, 4.69) is 52.3 Å². The molecule has 0 atom stereocenters. The van der Waals surface area contributed by atoms with Crippen molar-refractivity contribution in [2.45, 2.75) is 18.7 Å². The lowest BCUT2D eigenvalue weighted by atomic mass is 9.97. The van der Waals surface area contributed by atoms with Crippen molar-refractivity contribution >= 4 is 32.2 Å². The lowest BCUT2D eigenvalue weighted by molar-refractivity contribution is 0.602. The van der Waals surface area contributed by atoms with Crippen LogP contribution in [-0.4, -0.2) is 29.6 Å². The van der Waals surface area contributed by atoms with Gasteiger partial charge in [0.15, 0.2) is 9.84 Å². The van der Waals surface area contributed by atoms with Gasteiger partial charge >= 0.3 is 0 Å². The maximum absolute atomic E-state index is 12.1. The Balaban J connectivity index is 1.90. The quantitative estimate of drug-likeness (QED) is 0.541. The van der Waals surface area contributed by atoms with Crippen molar-refractivity contribution < 1.29 is 8.42 Å². The summed E-state index contributed by atoms with van der Waals surface area (Å²) in [6.45, 7) is 4.12. The molecule has 2 aromatic heterocycles. The molecule has 2 aromatic carbocycles. The number of aryl methyl sites for hydroxylation is 2. The Bertz CT molecular complexity index is 1330. The summed E-state index contributed by atoms with van der Waals surface area (Å²) in [5.41, 5.74) is 6.95. The predicted molar refractivity (Wildman–Crippen MR) is 115 cm³/mol. The molecule has 0 aliphatic carbocycles. The maximum Gasteiger partial charge on any atom is 0.177 e. The molecule has 146 valence electrons. The lowest BCUT2D eigenvalue weighted by Crippen LogP contribution is -2.03. The van der Waals surface area contributed by atoms with Crippen LogP contribution in [0, 0.1) is 13.8 Å². The number of nitrogens with one attached hydrogen (secondary N) is 1. The molecule has 2 heterocycles. The Hall–Kier alpha value is -3.32. The van der Waals surface area contributed by atoms with Crippen molar-refractivity contribution in [3.63, 3.8) is 0 Å². The number of benzene rings is 2. The first-order chi connectivity index (χ1) is 13.8. The summed E-state index contributed by atoms with van der Waals surface area (Å²) in [5.74, 6) is 0. The number of pyridine rings is 1. The number of hydrogen-bond acceptors (Lipinski definition) is 6. The van der Waals surface area contributed by atoms with E-state index in [0.717, 1.165) is 27.7 Å². The van der Waals surface area contributed by atoms with E-state index in [9.17, 15) is 8.42 Å². The summed E-state index contributed by atoms with van der Waals surface area (Å²) < 4.78 is 24.3. The molecular formula is C22H20N4O2S. The van der Waals surface area contributed by atoms with Crippen LogP contribution in [0.15, 0.2) is 66.1 Å². The van der Waals surface area contributed by atoms with Crippen LogP contribution in [0.25, 0.3) is 22.2 Å². The topological polar surface area (TPSA) is 84.8 Å². The maximum atomic E-state index is 12.1. The van der Waals surface area contributed by atoms with Gasteiger partial charge < -0.3 is 5.32 Å². The monoisotopic (exact) mass is 404 g/mol. The Labute approximate surface area is 169 Å². The van der Waals surface area contributed by atoms with Crippen LogP contribution in [0.2, 0.25) is 0 Å². The van der Waals surface area contributed by atoms with Crippen LogP contribution in [-0.2, 0) is 9.84 Å². The van der Waals surface area contributed by atoms with Crippen LogP contribution in [0.3, 0.4) is 0 Å². The number of nitrogens with zero attached hydrogens (tertiary/aromatic N) is 3. The van der Waals surface area contributed by atoms with Crippen molar-refractivity contribution in [2.75, 3.05) is 11.6 Å². The average molecular weight is 404 g/mol. The van der Waals surface area contributed by atoms with E-state index in [0.29, 0.717) is 11.4 Å². The second-order valence-corrected chi connectivity index (χ2v) is 9.02. The third-order valence-electron chi connectivity index (χ3n) is 4.71. The Morgan fingerprint density at radius 2 is 1.69 bits per heavy atom. The highest BCUT2D eigenvalue weighted by atomic mass is 32.2. The minimum Gasteiger partial charge on any atom is -0.353 e. The molecule has 0 spiro atoms. The van der Waals surface area contributed by atoms with Gasteiger partial charge in [0.25, 0.3) is 0 Å². The molecule has 4 aromatic rings. The number of fused-ring (bicyclic) bond motifs is 1. The van der Waals surface area contributed by atoms with Gasteiger partial charge in [-0.15, -0.1) is 0 Å². The zero-order valence-electron chi connectivity index (χ0n) is 16.3. The van der Waals surface area contributed by atoms with Gasteiger partial charge in [-0.2, -0.15) is 0 Å². The van der Waals surface area contributed by atoms with Crippen molar-refractivity contribution in [1.82, 2.24) is 15.0 Å². The predicted octanol–water partition coefficient (Wildman–Crippen LogP) is 4.46. The second kappa shape index (κ2) is 7.25. The van der Waals surface area contributed by atoms with Gasteiger partial charge in [0.1, 0.15) is 0 Å². The first-order valence-electron chi connectivity index (χ1n) is 9.06. The third-order valence-corrected chi connectivity index (χ3v) is 5.86. The summed E-state index contributed by atoms with van der Waals surface area (Å²) in [5, 5.41) is 3.20. The Morgan fingerprint density at radius 3 is 2.45 bits per heavy atom. The zero-order valence-corrected chi connectivity index (χ0v) is 17.2. The molecule has 0 unspecified atom stereocenters. The second-order valence-electron chi connectivity index (χ2n) is 7.04. The molecule has 0 fully saturated rings. The van der Waals surface area contributed by atoms with Crippen molar-refractivity contribution in [3.8, 4) is 11.1 Å². The van der Waals surface area contributed by atoms with Gasteiger partial charge in [0, 0.05) is 36.1 Å². The van der Waals surface area contributed by atoms with E-state index >= 15 is 0 Å². The van der Waals surface area contributed by atoms with E-state index in [4.69, 9.17) is 0 Å². The standard InChI is InChI=1S/C22H20N4O2S/c1-14-4-5-17(15(2)10-14)18-11-16(12-19-22(18)25-9-8-24-19)26-20-13-23-7-6-21(20)29(3,27)28/h4-13,26H,1-3H3. The minimum atomic E-state index is -3.40. The molecule has 0 saturated heterocycles. The van der Waals surface area contributed by atoms with Gasteiger partial charge in [-0.05, 0) is 43.2 Å². The number of aromatic nitrogens is 3. The molecule has 0 radical (unpaired) electrons. The van der Waals surface area contributed by atoms with Crippen molar-refractivity contribution in [3.05, 3.63) is 72.3 Å².